The molecule has 1 saturated heterocycles. The van der Waals surface area contributed by atoms with Crippen LogP contribution in [0.25, 0.3) is 11.3 Å². The van der Waals surface area contributed by atoms with Crippen LogP contribution < -0.4 is 15.4 Å². The standard InChI is InChI=1S/C29H28FN5O4.C5H11N/c1-16(26(37)31-5)34-35-17(2)32-28(38)29(3,4)25-20-8-6-7-9-24(20)39-27-21(25)12-13-23(33-27)18-10-11-19(15-36)22(30)14-18;1-6-4-2-3-5-6/h6-15,25H,1-5H3,(H,31,37)(H,32,35,38);2-5H2,1H3/b34-16+;. The number of nitrogens with one attached hydrogen (secondary N) is 2. The number of carbonyl (C=O) groups is 3. The van der Waals surface area contributed by atoms with Gasteiger partial charge in [0.15, 0.2) is 6.29 Å². The molecule has 1 unspecified atom stereocenters. The summed E-state index contributed by atoms with van der Waals surface area (Å²) in [5.74, 6) is -0.700. The summed E-state index contributed by atoms with van der Waals surface area (Å²) in [5.41, 5.74) is 1.54. The van der Waals surface area contributed by atoms with Crippen LogP contribution in [0.5, 0.6) is 11.6 Å². The number of amides is 2. The summed E-state index contributed by atoms with van der Waals surface area (Å²) in [6.07, 6.45) is 3.28. The zero-order chi connectivity index (χ0) is 32.7. The Hall–Kier alpha value is -4.77. The van der Waals surface area contributed by atoms with Crippen LogP contribution >= 0.6 is 0 Å². The van der Waals surface area contributed by atoms with Gasteiger partial charge in [0.05, 0.1) is 16.7 Å². The third-order valence-corrected chi connectivity index (χ3v) is 7.90. The highest BCUT2D eigenvalue weighted by molar-refractivity contribution is 6.37. The van der Waals surface area contributed by atoms with Crippen molar-refractivity contribution in [3.63, 3.8) is 0 Å². The number of halogens is 1. The summed E-state index contributed by atoms with van der Waals surface area (Å²) >= 11 is 0. The second-order valence-electron chi connectivity index (χ2n) is 11.7. The van der Waals surface area contributed by atoms with Crippen LogP contribution in [-0.2, 0) is 9.59 Å². The molecule has 0 spiro atoms. The lowest BCUT2D eigenvalue weighted by Crippen LogP contribution is -2.44. The Kier molecular flexibility index (Phi) is 10.6. The fourth-order valence-electron chi connectivity index (χ4n) is 5.29. The molecule has 2 aromatic carbocycles. The normalized spacial score (nSPS) is 16.4. The first-order valence-electron chi connectivity index (χ1n) is 14.8. The molecule has 3 aromatic rings. The largest absolute Gasteiger partial charge is 0.438 e. The van der Waals surface area contributed by atoms with Crippen molar-refractivity contribution in [3.05, 3.63) is 77.1 Å². The molecule has 11 heteroatoms. The molecule has 1 atom stereocenters. The minimum Gasteiger partial charge on any atom is -0.438 e. The van der Waals surface area contributed by atoms with Gasteiger partial charge in [-0.05, 0) is 71.1 Å². The number of rotatable bonds is 6. The van der Waals surface area contributed by atoms with Crippen molar-refractivity contribution in [1.29, 1.82) is 0 Å². The summed E-state index contributed by atoms with van der Waals surface area (Å²) in [6.45, 7) is 9.37. The molecule has 0 saturated carbocycles. The molecular formula is C34H39FN6O4. The molecule has 2 aliphatic rings. The number of ether oxygens (including phenoxy) is 1. The Labute approximate surface area is 262 Å². The smallest absolute Gasteiger partial charge is 0.267 e. The average molecular weight is 615 g/mol. The number of benzene rings is 2. The first-order chi connectivity index (χ1) is 21.5. The molecule has 2 aliphatic heterocycles. The van der Waals surface area contributed by atoms with Crippen molar-refractivity contribution < 1.29 is 23.5 Å². The Morgan fingerprint density at radius 1 is 1.04 bits per heavy atom. The topological polar surface area (TPSA) is 125 Å². The third kappa shape index (κ3) is 7.66. The molecule has 45 heavy (non-hydrogen) atoms. The Morgan fingerprint density at radius 3 is 2.38 bits per heavy atom. The maximum Gasteiger partial charge on any atom is 0.267 e. The summed E-state index contributed by atoms with van der Waals surface area (Å²) in [7, 11) is 3.66. The van der Waals surface area contributed by atoms with Crippen molar-refractivity contribution in [3.8, 4) is 22.9 Å². The molecule has 2 amide bonds. The summed E-state index contributed by atoms with van der Waals surface area (Å²) in [4.78, 5) is 43.2. The number of aldehydes is 1. The number of amidine groups is 1. The fourth-order valence-corrected chi connectivity index (χ4v) is 5.29. The number of aromatic nitrogens is 1. The number of carbonyl (C=O) groups excluding carboxylic acids is 3. The van der Waals surface area contributed by atoms with Gasteiger partial charge in [-0.25, -0.2) is 9.37 Å². The SMILES string of the molecule is CN1CCCC1.CNC(=O)/C(C)=N/N=C(\C)NC(=O)C(C)(C)C1c2ccccc2Oc2nc(-c3ccc(C=O)c(F)c3)ccc21. The van der Waals surface area contributed by atoms with Crippen LogP contribution in [0.3, 0.4) is 0 Å². The van der Waals surface area contributed by atoms with Crippen LogP contribution in [0.2, 0.25) is 0 Å². The highest BCUT2D eigenvalue weighted by atomic mass is 19.1. The van der Waals surface area contributed by atoms with Gasteiger partial charge < -0.3 is 20.3 Å². The number of fused-ring (bicyclic) bond motifs is 2. The number of nitrogens with zero attached hydrogens (tertiary/aromatic N) is 4. The van der Waals surface area contributed by atoms with Crippen molar-refractivity contribution >= 4 is 29.6 Å². The molecule has 1 fully saturated rings. The monoisotopic (exact) mass is 614 g/mol. The van der Waals surface area contributed by atoms with Gasteiger partial charge in [-0.3, -0.25) is 14.4 Å². The lowest BCUT2D eigenvalue weighted by Gasteiger charge is -2.37. The molecule has 0 bridgehead atoms. The van der Waals surface area contributed by atoms with Gasteiger partial charge in [-0.2, -0.15) is 0 Å². The van der Waals surface area contributed by atoms with Gasteiger partial charge in [-0.15, -0.1) is 10.2 Å². The van der Waals surface area contributed by atoms with Crippen molar-refractivity contribution in [2.24, 2.45) is 15.6 Å². The lowest BCUT2D eigenvalue weighted by atomic mass is 9.69. The van der Waals surface area contributed by atoms with Crippen molar-refractivity contribution in [2.45, 2.75) is 46.5 Å². The average Bonchev–Trinajstić information content (AvgIpc) is 3.52. The minimum absolute atomic E-state index is 0.0389. The quantitative estimate of drug-likeness (QED) is 0.167. The van der Waals surface area contributed by atoms with Gasteiger partial charge in [0.2, 0.25) is 11.8 Å². The molecule has 2 N–H and O–H groups in total. The first-order valence-corrected chi connectivity index (χ1v) is 14.8. The van der Waals surface area contributed by atoms with E-state index in [2.05, 4.69) is 37.8 Å². The minimum atomic E-state index is -1.01. The number of pyridine rings is 1. The number of hydrogen-bond donors (Lipinski definition) is 2. The van der Waals surface area contributed by atoms with E-state index in [0.717, 1.165) is 5.56 Å². The van der Waals surface area contributed by atoms with E-state index in [1.807, 2.05) is 38.1 Å². The van der Waals surface area contributed by atoms with Gasteiger partial charge >= 0.3 is 0 Å². The zero-order valence-corrected chi connectivity index (χ0v) is 26.5. The Morgan fingerprint density at radius 2 is 1.76 bits per heavy atom. The van der Waals surface area contributed by atoms with Gasteiger partial charge in [0, 0.05) is 29.7 Å². The first kappa shape index (κ1) is 33.1. The molecule has 5 rings (SSSR count). The van der Waals surface area contributed by atoms with E-state index < -0.39 is 17.2 Å². The third-order valence-electron chi connectivity index (χ3n) is 7.90. The van der Waals surface area contributed by atoms with Gasteiger partial charge in [-0.1, -0.05) is 44.2 Å². The number of likely N-dealkylation sites (tertiary alicyclic amines) is 1. The molecule has 0 radical (unpaired) electrons. The van der Waals surface area contributed by atoms with Crippen LogP contribution in [0.1, 0.15) is 67.9 Å². The number of para-hydroxylation sites is 1. The molecular weight excluding hydrogens is 575 g/mol. The van der Waals surface area contributed by atoms with E-state index in [4.69, 9.17) is 4.74 Å². The second-order valence-corrected chi connectivity index (χ2v) is 11.7. The van der Waals surface area contributed by atoms with Gasteiger partial charge in [0.25, 0.3) is 5.91 Å². The van der Waals surface area contributed by atoms with Crippen molar-refractivity contribution in [2.75, 3.05) is 27.2 Å². The Balaban J connectivity index is 0.000000687. The highest BCUT2D eigenvalue weighted by Crippen LogP contribution is 2.51. The summed E-state index contributed by atoms with van der Waals surface area (Å²) < 4.78 is 20.4. The van der Waals surface area contributed by atoms with E-state index in [1.165, 1.54) is 52.0 Å². The summed E-state index contributed by atoms with van der Waals surface area (Å²) in [5, 5.41) is 13.1. The molecule has 236 valence electrons. The van der Waals surface area contributed by atoms with Crippen LogP contribution in [0, 0.1) is 11.2 Å². The maximum atomic E-state index is 14.3. The fraction of sp³-hybridized carbons (Fsp3) is 0.353. The Bertz CT molecular complexity index is 1650. The van der Waals surface area contributed by atoms with E-state index in [-0.39, 0.29) is 28.9 Å². The predicted molar refractivity (Wildman–Crippen MR) is 172 cm³/mol. The zero-order valence-electron chi connectivity index (χ0n) is 26.5. The number of hydrogen-bond acceptors (Lipinski definition) is 8. The van der Waals surface area contributed by atoms with Crippen LogP contribution in [-0.4, -0.2) is 66.7 Å². The van der Waals surface area contributed by atoms with Crippen molar-refractivity contribution in [1.82, 2.24) is 20.5 Å². The van der Waals surface area contributed by atoms with E-state index in [9.17, 15) is 18.8 Å². The molecule has 10 nitrogen and oxygen atoms in total. The highest BCUT2D eigenvalue weighted by Gasteiger charge is 2.44. The van der Waals surface area contributed by atoms with Gasteiger partial charge in [0.1, 0.15) is 23.1 Å². The van der Waals surface area contributed by atoms with E-state index in [1.54, 1.807) is 25.1 Å². The van der Waals surface area contributed by atoms with Crippen LogP contribution in [0.4, 0.5) is 4.39 Å². The van der Waals surface area contributed by atoms with E-state index >= 15 is 0 Å². The maximum absolute atomic E-state index is 14.3. The predicted octanol–water partition coefficient (Wildman–Crippen LogP) is 5.33. The lowest BCUT2D eigenvalue weighted by molar-refractivity contribution is -0.128. The van der Waals surface area contributed by atoms with E-state index in [0.29, 0.717) is 34.7 Å². The second kappa shape index (κ2) is 14.3. The van der Waals surface area contributed by atoms with Crippen LogP contribution in [0.15, 0.2) is 64.8 Å². The summed E-state index contributed by atoms with van der Waals surface area (Å²) in [6, 6.07) is 15.2. The molecule has 3 heterocycles. The molecule has 0 aliphatic carbocycles. The molecule has 1 aromatic heterocycles.